The maximum absolute atomic E-state index is 13.7. The third kappa shape index (κ3) is 3.55. The molecule has 0 radical (unpaired) electrons. The molecular formula is C33H45NO11. The van der Waals surface area contributed by atoms with E-state index in [0.717, 1.165) is 0 Å². The Bertz CT molecular complexity index is 1350. The fourth-order valence-electron chi connectivity index (χ4n) is 12.2. The molecule has 1 aliphatic heterocycles. The van der Waals surface area contributed by atoms with Crippen LogP contribution in [0.1, 0.15) is 30.1 Å². The first-order chi connectivity index (χ1) is 21.4. The second-order valence-electron chi connectivity index (χ2n) is 14.3. The molecule has 7 rings (SSSR count). The smallest absolute Gasteiger partial charge is 0.338 e. The van der Waals surface area contributed by atoms with Crippen LogP contribution in [0.25, 0.3) is 0 Å². The number of hydrogen-bond acceptors (Lipinski definition) is 12. The van der Waals surface area contributed by atoms with Crippen molar-refractivity contribution in [1.29, 1.82) is 0 Å². The maximum atomic E-state index is 13.7. The standard InChI is InChI=1S/C33H45NO11/c1-16(35)45-33-21-18(13-31(39,28(43-6)26(33)37)27(21)44-29(38)17-10-8-7-9-11-17)32-20(41-4)12-19(36)30(15-40-3)14-34(2)25(32)22(33)23(42-5)24(30)32/h7-11,18-28,36-37,39H,12-15H2,1-6H3/t18-,19-,20-,21-,22+,23-,24-,25+,26+,27+,28+,30+,31-,32+,33-/m1/s1. The number of methoxy groups -OCH3 is 4. The number of hydrogen-bond donors (Lipinski definition) is 3. The summed E-state index contributed by atoms with van der Waals surface area (Å²) in [5.41, 5.74) is -4.79. The summed E-state index contributed by atoms with van der Waals surface area (Å²) in [4.78, 5) is 29.1. The molecule has 1 aromatic carbocycles. The van der Waals surface area contributed by atoms with Crippen LogP contribution in [0.15, 0.2) is 30.3 Å². The van der Waals surface area contributed by atoms with Crippen molar-refractivity contribution in [1.82, 2.24) is 4.90 Å². The van der Waals surface area contributed by atoms with E-state index in [-0.39, 0.29) is 25.0 Å². The molecule has 5 aliphatic carbocycles. The van der Waals surface area contributed by atoms with Crippen LogP contribution in [-0.4, -0.2) is 135 Å². The van der Waals surface area contributed by atoms with E-state index < -0.39 is 88.3 Å². The van der Waals surface area contributed by atoms with Gasteiger partial charge in [-0.15, -0.1) is 0 Å². The van der Waals surface area contributed by atoms with E-state index in [1.54, 1.807) is 51.7 Å². The highest BCUT2D eigenvalue weighted by atomic mass is 16.6. The second-order valence-corrected chi connectivity index (χ2v) is 14.3. The summed E-state index contributed by atoms with van der Waals surface area (Å²) >= 11 is 0. The molecule has 1 aromatic rings. The summed E-state index contributed by atoms with van der Waals surface area (Å²) in [6.07, 6.45) is -5.50. The van der Waals surface area contributed by atoms with Crippen LogP contribution in [0.4, 0.5) is 0 Å². The quantitative estimate of drug-likeness (QED) is 0.337. The Morgan fingerprint density at radius 1 is 1.00 bits per heavy atom. The van der Waals surface area contributed by atoms with Crippen LogP contribution in [0.5, 0.6) is 0 Å². The van der Waals surface area contributed by atoms with E-state index in [9.17, 15) is 24.9 Å². The Hall–Kier alpha value is -2.16. The zero-order valence-corrected chi connectivity index (χ0v) is 26.6. The molecule has 3 N–H and O–H groups in total. The third-order valence-corrected chi connectivity index (χ3v) is 12.9. The normalized spacial score (nSPS) is 50.7. The summed E-state index contributed by atoms with van der Waals surface area (Å²) in [5.74, 6) is -3.66. The van der Waals surface area contributed by atoms with Crippen molar-refractivity contribution in [2.45, 2.75) is 73.6 Å². The molecule has 1 spiro atoms. The predicted molar refractivity (Wildman–Crippen MR) is 156 cm³/mol. The van der Waals surface area contributed by atoms with Crippen molar-refractivity contribution >= 4 is 11.9 Å². The number of benzene rings is 1. The van der Waals surface area contributed by atoms with Gasteiger partial charge in [-0.1, -0.05) is 18.2 Å². The number of piperidine rings is 1. The molecular weight excluding hydrogens is 586 g/mol. The number of aliphatic hydroxyl groups is 3. The summed E-state index contributed by atoms with van der Waals surface area (Å²) in [5, 5.41) is 37.0. The predicted octanol–water partition coefficient (Wildman–Crippen LogP) is 0.258. The lowest BCUT2D eigenvalue weighted by Crippen LogP contribution is -2.81. The van der Waals surface area contributed by atoms with Crippen molar-refractivity contribution in [2.75, 3.05) is 48.6 Å². The Kier molecular flexibility index (Phi) is 7.28. The van der Waals surface area contributed by atoms with Crippen molar-refractivity contribution in [2.24, 2.45) is 34.5 Å². The number of carbonyl (C=O) groups excluding carboxylic acids is 2. The minimum atomic E-state index is -1.83. The zero-order chi connectivity index (χ0) is 32.3. The van der Waals surface area contributed by atoms with Crippen LogP contribution in [0.3, 0.4) is 0 Å². The summed E-state index contributed by atoms with van der Waals surface area (Å²) in [7, 11) is 8.20. The summed E-state index contributed by atoms with van der Waals surface area (Å²) in [6.45, 7) is 2.00. The van der Waals surface area contributed by atoms with E-state index >= 15 is 0 Å². The lowest BCUT2D eigenvalue weighted by molar-refractivity contribution is -0.321. The van der Waals surface area contributed by atoms with Gasteiger partial charge in [-0.2, -0.15) is 0 Å². The fourth-order valence-corrected chi connectivity index (χ4v) is 12.2. The summed E-state index contributed by atoms with van der Waals surface area (Å²) < 4.78 is 37.2. The lowest BCUT2D eigenvalue weighted by Gasteiger charge is -2.70. The summed E-state index contributed by atoms with van der Waals surface area (Å²) in [6, 6.07) is 8.15. The van der Waals surface area contributed by atoms with Crippen molar-refractivity contribution < 1.29 is 53.3 Å². The van der Waals surface area contributed by atoms with E-state index in [0.29, 0.717) is 18.5 Å². The van der Waals surface area contributed by atoms with Gasteiger partial charge in [0.15, 0.2) is 5.60 Å². The first-order valence-electron chi connectivity index (χ1n) is 15.8. The first kappa shape index (κ1) is 31.4. The molecule has 15 atom stereocenters. The van der Waals surface area contributed by atoms with Gasteiger partial charge in [-0.3, -0.25) is 4.79 Å². The van der Waals surface area contributed by atoms with Crippen molar-refractivity contribution in [3.63, 3.8) is 0 Å². The van der Waals surface area contributed by atoms with Crippen LogP contribution < -0.4 is 0 Å². The SMILES string of the molecule is COC[C@]12CN(C)[C@H]3[C@@H]4[C@@H](OC)[C@H]1[C@]3([C@@H]1C[C@@]3(O)[C@@H](OC(=O)c5ccccc5)[C@@H]1[C@]4(OC(C)=O)[C@@H](O)[C@@H]3OC)[C@H](OC)C[C@H]2O. The average Bonchev–Trinajstić information content (AvgIpc) is 3.40. The topological polar surface area (TPSA) is 153 Å². The molecule has 6 aliphatic rings. The van der Waals surface area contributed by atoms with Gasteiger partial charge in [-0.25, -0.2) is 4.79 Å². The van der Waals surface area contributed by atoms with Crippen molar-refractivity contribution in [3.8, 4) is 0 Å². The third-order valence-electron chi connectivity index (χ3n) is 12.9. The van der Waals surface area contributed by atoms with E-state index in [4.69, 9.17) is 28.4 Å². The molecule has 1 heterocycles. The van der Waals surface area contributed by atoms with Gasteiger partial charge in [0.25, 0.3) is 0 Å². The number of fused-ring (bicyclic) bond motifs is 2. The minimum absolute atomic E-state index is 0.0754. The monoisotopic (exact) mass is 631 g/mol. The van der Waals surface area contributed by atoms with E-state index in [1.165, 1.54) is 14.0 Å². The average molecular weight is 632 g/mol. The molecule has 6 fully saturated rings. The number of aliphatic hydroxyl groups excluding tert-OH is 2. The van der Waals surface area contributed by atoms with Gasteiger partial charge in [0.1, 0.15) is 23.9 Å². The minimum Gasteiger partial charge on any atom is -0.455 e. The van der Waals surface area contributed by atoms with E-state index in [2.05, 4.69) is 4.90 Å². The highest BCUT2D eigenvalue weighted by molar-refractivity contribution is 5.89. The lowest BCUT2D eigenvalue weighted by atomic mass is 9.42. The molecule has 7 bridgehead atoms. The Morgan fingerprint density at radius 3 is 2.31 bits per heavy atom. The van der Waals surface area contributed by atoms with Crippen LogP contribution >= 0.6 is 0 Å². The Balaban J connectivity index is 1.52. The number of ether oxygens (including phenoxy) is 6. The number of rotatable bonds is 8. The Labute approximate surface area is 262 Å². The zero-order valence-electron chi connectivity index (χ0n) is 26.6. The van der Waals surface area contributed by atoms with Crippen LogP contribution in [-0.2, 0) is 33.2 Å². The molecule has 5 saturated carbocycles. The van der Waals surface area contributed by atoms with Gasteiger partial charge in [0, 0.05) is 83.0 Å². The Morgan fingerprint density at radius 2 is 1.71 bits per heavy atom. The molecule has 12 heteroatoms. The van der Waals surface area contributed by atoms with Gasteiger partial charge in [0.2, 0.25) is 0 Å². The number of nitrogens with zero attached hydrogens (tertiary/aromatic N) is 1. The molecule has 0 amide bonds. The van der Waals surface area contributed by atoms with Crippen LogP contribution in [0, 0.1) is 34.5 Å². The highest BCUT2D eigenvalue weighted by Gasteiger charge is 2.92. The van der Waals surface area contributed by atoms with Gasteiger partial charge < -0.3 is 48.6 Å². The molecule has 0 aromatic heterocycles. The number of carbonyl (C=O) groups is 2. The van der Waals surface area contributed by atoms with E-state index in [1.807, 2.05) is 7.05 Å². The molecule has 12 nitrogen and oxygen atoms in total. The maximum Gasteiger partial charge on any atom is 0.338 e. The molecule has 45 heavy (non-hydrogen) atoms. The largest absolute Gasteiger partial charge is 0.455 e. The van der Waals surface area contributed by atoms with Gasteiger partial charge in [0.05, 0.1) is 30.5 Å². The molecule has 248 valence electrons. The molecule has 0 unspecified atom stereocenters. The second kappa shape index (κ2) is 10.4. The fraction of sp³-hybridized carbons (Fsp3) is 0.758. The first-order valence-corrected chi connectivity index (χ1v) is 15.8. The number of likely N-dealkylation sites (tertiary alicyclic amines) is 1. The molecule has 1 saturated heterocycles. The van der Waals surface area contributed by atoms with Gasteiger partial charge >= 0.3 is 11.9 Å². The van der Waals surface area contributed by atoms with Crippen LogP contribution in [0.2, 0.25) is 0 Å². The highest BCUT2D eigenvalue weighted by Crippen LogP contribution is 2.80. The van der Waals surface area contributed by atoms with Gasteiger partial charge in [-0.05, 0) is 31.5 Å². The number of esters is 2. The van der Waals surface area contributed by atoms with Crippen molar-refractivity contribution in [3.05, 3.63) is 35.9 Å².